The molecule has 0 N–H and O–H groups in total. The Morgan fingerprint density at radius 1 is 1.26 bits per heavy atom. The van der Waals surface area contributed by atoms with Crippen molar-refractivity contribution in [1.29, 1.82) is 5.26 Å². The van der Waals surface area contributed by atoms with Crippen LogP contribution in [-0.2, 0) is 18.1 Å². The summed E-state index contributed by atoms with van der Waals surface area (Å²) in [4.78, 5) is 0. The molecule has 0 saturated heterocycles. The first-order valence-electron chi connectivity index (χ1n) is 5.77. The third-order valence-electron chi connectivity index (χ3n) is 2.10. The summed E-state index contributed by atoms with van der Waals surface area (Å²) in [5.74, 6) is -0.432. The van der Waals surface area contributed by atoms with Gasteiger partial charge in [-0.15, -0.1) is 0 Å². The van der Waals surface area contributed by atoms with Crippen LogP contribution in [0.5, 0.6) is 0 Å². The number of nitriles is 1. The summed E-state index contributed by atoms with van der Waals surface area (Å²) >= 11 is 0. The van der Waals surface area contributed by atoms with Gasteiger partial charge in [0.05, 0.1) is 19.3 Å². The quantitative estimate of drug-likeness (QED) is 0.717. The van der Waals surface area contributed by atoms with Crippen molar-refractivity contribution in [3.63, 3.8) is 0 Å². The molecule has 1 atom stereocenters. The van der Waals surface area contributed by atoms with Gasteiger partial charge in [-0.3, -0.25) is 13.6 Å². The van der Waals surface area contributed by atoms with Gasteiger partial charge in [0.1, 0.15) is 5.82 Å². The van der Waals surface area contributed by atoms with E-state index in [9.17, 15) is 8.96 Å². The first-order valence-corrected chi connectivity index (χ1v) is 7.23. The molecule has 0 spiro atoms. The Morgan fingerprint density at radius 2 is 1.79 bits per heavy atom. The fourth-order valence-electron chi connectivity index (χ4n) is 1.34. The minimum Gasteiger partial charge on any atom is -0.287 e. The zero-order valence-electron chi connectivity index (χ0n) is 10.7. The number of halogens is 1. The summed E-state index contributed by atoms with van der Waals surface area (Å²) < 4.78 is 39.9. The molecule has 0 bridgehead atoms. The van der Waals surface area contributed by atoms with Crippen LogP contribution in [0.2, 0.25) is 0 Å². The molecule has 0 aliphatic heterocycles. The molecule has 5 nitrogen and oxygen atoms in total. The molecule has 0 heterocycles. The zero-order chi connectivity index (χ0) is 14.3. The lowest BCUT2D eigenvalue weighted by Gasteiger charge is -2.19. The molecule has 19 heavy (non-hydrogen) atoms. The number of rotatable bonds is 7. The van der Waals surface area contributed by atoms with Crippen molar-refractivity contribution in [3.05, 3.63) is 35.6 Å². The van der Waals surface area contributed by atoms with E-state index in [0.717, 1.165) is 0 Å². The molecule has 0 radical (unpaired) electrons. The van der Waals surface area contributed by atoms with E-state index in [1.54, 1.807) is 13.8 Å². The maximum atomic E-state index is 12.8. The largest absolute Gasteiger partial charge is 0.476 e. The zero-order valence-corrected chi connectivity index (χ0v) is 11.6. The molecule has 0 aromatic heterocycles. The average Bonchev–Trinajstić information content (AvgIpc) is 2.38. The molecule has 0 aliphatic rings. The Morgan fingerprint density at radius 3 is 2.21 bits per heavy atom. The summed E-state index contributed by atoms with van der Waals surface area (Å²) in [6, 6.07) is 6.97. The maximum Gasteiger partial charge on any atom is 0.476 e. The third-order valence-corrected chi connectivity index (χ3v) is 3.72. The van der Waals surface area contributed by atoms with Crippen LogP contribution >= 0.6 is 7.82 Å². The number of benzene rings is 1. The fraction of sp³-hybridized carbons (Fsp3) is 0.417. The van der Waals surface area contributed by atoms with E-state index >= 15 is 0 Å². The standard InChI is InChI=1S/C12H15FNO4P/c1-3-16-19(15,17-4-2)18-12(9-14)10-5-7-11(13)8-6-10/h5-8,12H,3-4H2,1-2H3. The SMILES string of the molecule is CCOP(=O)(OCC)OC(C#N)c1ccc(F)cc1. The van der Waals surface area contributed by atoms with Gasteiger partial charge in [0.2, 0.25) is 0 Å². The van der Waals surface area contributed by atoms with Crippen LogP contribution in [0, 0.1) is 17.1 Å². The second-order valence-electron chi connectivity index (χ2n) is 3.45. The van der Waals surface area contributed by atoms with Crippen molar-refractivity contribution < 1.29 is 22.5 Å². The Hall–Kier alpha value is -1.25. The lowest BCUT2D eigenvalue weighted by atomic mass is 10.1. The second-order valence-corrected chi connectivity index (χ2v) is 5.07. The average molecular weight is 287 g/mol. The van der Waals surface area contributed by atoms with Crippen LogP contribution in [0.4, 0.5) is 4.39 Å². The minimum absolute atomic E-state index is 0.124. The van der Waals surface area contributed by atoms with Crippen LogP contribution in [0.1, 0.15) is 25.5 Å². The van der Waals surface area contributed by atoms with Gasteiger partial charge >= 0.3 is 7.82 Å². The van der Waals surface area contributed by atoms with Gasteiger partial charge in [-0.2, -0.15) is 5.26 Å². The van der Waals surface area contributed by atoms with Gasteiger partial charge in [0.15, 0.2) is 6.10 Å². The Labute approximate surface area is 111 Å². The van der Waals surface area contributed by atoms with E-state index in [2.05, 4.69) is 0 Å². The van der Waals surface area contributed by atoms with E-state index in [1.807, 2.05) is 6.07 Å². The van der Waals surface area contributed by atoms with Gasteiger partial charge in [-0.25, -0.2) is 8.96 Å². The number of hydrogen-bond donors (Lipinski definition) is 0. The van der Waals surface area contributed by atoms with Crippen LogP contribution in [0.3, 0.4) is 0 Å². The van der Waals surface area contributed by atoms with Crippen LogP contribution in [-0.4, -0.2) is 13.2 Å². The molecule has 104 valence electrons. The summed E-state index contributed by atoms with van der Waals surface area (Å²) in [5, 5.41) is 9.05. The molecule has 0 fully saturated rings. The van der Waals surface area contributed by atoms with E-state index in [0.29, 0.717) is 5.56 Å². The first-order chi connectivity index (χ1) is 9.04. The van der Waals surface area contributed by atoms with Gasteiger partial charge in [-0.05, 0) is 31.5 Å². The molecule has 1 rings (SSSR count). The normalized spacial score (nSPS) is 12.9. The first kappa shape index (κ1) is 15.8. The van der Waals surface area contributed by atoms with Crippen molar-refractivity contribution in [3.8, 4) is 6.07 Å². The highest BCUT2D eigenvalue weighted by atomic mass is 31.2. The van der Waals surface area contributed by atoms with Crippen molar-refractivity contribution in [2.75, 3.05) is 13.2 Å². The monoisotopic (exact) mass is 287 g/mol. The number of phosphoric acid groups is 1. The van der Waals surface area contributed by atoms with Crippen LogP contribution in [0.15, 0.2) is 24.3 Å². The summed E-state index contributed by atoms with van der Waals surface area (Å²) in [7, 11) is -3.79. The predicted octanol–water partition coefficient (Wildman–Crippen LogP) is 3.59. The van der Waals surface area contributed by atoms with Crippen molar-refractivity contribution in [1.82, 2.24) is 0 Å². The minimum atomic E-state index is -3.79. The molecule has 0 saturated carbocycles. The van der Waals surface area contributed by atoms with Gasteiger partial charge < -0.3 is 0 Å². The van der Waals surface area contributed by atoms with E-state index < -0.39 is 19.7 Å². The van der Waals surface area contributed by atoms with Gasteiger partial charge in [0, 0.05) is 0 Å². The molecule has 7 heteroatoms. The number of nitrogens with zero attached hydrogens (tertiary/aromatic N) is 1. The fourth-order valence-corrected chi connectivity index (χ4v) is 2.60. The highest BCUT2D eigenvalue weighted by Crippen LogP contribution is 2.52. The Bertz CT molecular complexity index is 475. The second kappa shape index (κ2) is 7.37. The van der Waals surface area contributed by atoms with Crippen LogP contribution in [0.25, 0.3) is 0 Å². The van der Waals surface area contributed by atoms with Crippen LogP contribution < -0.4 is 0 Å². The molecule has 0 aliphatic carbocycles. The highest BCUT2D eigenvalue weighted by Gasteiger charge is 2.30. The summed E-state index contributed by atoms with van der Waals surface area (Å²) in [6.07, 6.45) is -1.15. The van der Waals surface area contributed by atoms with E-state index in [1.165, 1.54) is 24.3 Å². The van der Waals surface area contributed by atoms with Crippen molar-refractivity contribution >= 4 is 7.82 Å². The molecule has 1 unspecified atom stereocenters. The summed E-state index contributed by atoms with van der Waals surface area (Å²) in [5.41, 5.74) is 0.378. The molecule has 0 amide bonds. The maximum absolute atomic E-state index is 12.8. The summed E-state index contributed by atoms with van der Waals surface area (Å²) in [6.45, 7) is 3.51. The Balaban J connectivity index is 2.89. The lowest BCUT2D eigenvalue weighted by molar-refractivity contribution is 0.103. The van der Waals surface area contributed by atoms with Gasteiger partial charge in [-0.1, -0.05) is 12.1 Å². The topological polar surface area (TPSA) is 68.6 Å². The predicted molar refractivity (Wildman–Crippen MR) is 66.7 cm³/mol. The molecular weight excluding hydrogens is 272 g/mol. The van der Waals surface area contributed by atoms with Crippen molar-refractivity contribution in [2.45, 2.75) is 20.0 Å². The molecule has 1 aromatic carbocycles. The van der Waals surface area contributed by atoms with E-state index in [4.69, 9.17) is 18.8 Å². The molecular formula is C12H15FNO4P. The smallest absolute Gasteiger partial charge is 0.287 e. The highest BCUT2D eigenvalue weighted by molar-refractivity contribution is 7.48. The lowest BCUT2D eigenvalue weighted by Crippen LogP contribution is -2.05. The molecule has 1 aromatic rings. The number of phosphoric ester groups is 1. The van der Waals surface area contributed by atoms with E-state index in [-0.39, 0.29) is 13.2 Å². The Kier molecular flexibility index (Phi) is 6.13. The number of hydrogen-bond acceptors (Lipinski definition) is 5. The van der Waals surface area contributed by atoms with Crippen molar-refractivity contribution in [2.24, 2.45) is 0 Å². The third kappa shape index (κ3) is 4.73. The van der Waals surface area contributed by atoms with Gasteiger partial charge in [0.25, 0.3) is 0 Å².